The van der Waals surface area contributed by atoms with Crippen molar-refractivity contribution in [1.82, 2.24) is 20.4 Å². The van der Waals surface area contributed by atoms with Gasteiger partial charge in [-0.15, -0.1) is 11.3 Å². The lowest BCUT2D eigenvalue weighted by Gasteiger charge is -2.35. The van der Waals surface area contributed by atoms with E-state index in [9.17, 15) is 4.79 Å². The number of thiophene rings is 1. The SMILES string of the molecule is CCc1ccc(C2NC(=O)N(Cc3ccc(C)cc3)C(C)=C2c2nc(-c3cccs3)no2)cc1. The van der Waals surface area contributed by atoms with Crippen molar-refractivity contribution in [3.63, 3.8) is 0 Å². The Morgan fingerprint density at radius 1 is 1.03 bits per heavy atom. The van der Waals surface area contributed by atoms with E-state index in [1.54, 1.807) is 16.2 Å². The summed E-state index contributed by atoms with van der Waals surface area (Å²) < 4.78 is 5.75. The van der Waals surface area contributed by atoms with Crippen molar-refractivity contribution in [1.29, 1.82) is 0 Å². The van der Waals surface area contributed by atoms with Gasteiger partial charge in [0.2, 0.25) is 5.82 Å². The molecule has 7 heteroatoms. The highest BCUT2D eigenvalue weighted by atomic mass is 32.1. The third-order valence-electron chi connectivity index (χ3n) is 6.18. The first-order valence-electron chi connectivity index (χ1n) is 11.3. The number of nitrogens with zero attached hydrogens (tertiary/aromatic N) is 3. The predicted molar refractivity (Wildman–Crippen MR) is 134 cm³/mol. The Morgan fingerprint density at radius 2 is 1.76 bits per heavy atom. The monoisotopic (exact) mass is 470 g/mol. The van der Waals surface area contributed by atoms with Crippen LogP contribution in [0.2, 0.25) is 0 Å². The largest absolute Gasteiger partial charge is 0.334 e. The van der Waals surface area contributed by atoms with Gasteiger partial charge in [-0.1, -0.05) is 72.2 Å². The Labute approximate surface area is 202 Å². The molecule has 0 saturated heterocycles. The van der Waals surface area contributed by atoms with Crippen LogP contribution in [-0.2, 0) is 13.0 Å². The fourth-order valence-corrected chi connectivity index (χ4v) is 4.81. The second-order valence-electron chi connectivity index (χ2n) is 8.45. The smallest absolute Gasteiger partial charge is 0.322 e. The summed E-state index contributed by atoms with van der Waals surface area (Å²) in [6.07, 6.45) is 0.956. The maximum absolute atomic E-state index is 13.3. The molecule has 2 aromatic heterocycles. The van der Waals surface area contributed by atoms with Crippen LogP contribution in [0.1, 0.15) is 48.0 Å². The molecule has 1 atom stereocenters. The highest BCUT2D eigenvalue weighted by molar-refractivity contribution is 7.13. The number of amides is 2. The predicted octanol–water partition coefficient (Wildman–Crippen LogP) is 6.37. The van der Waals surface area contributed by atoms with Crippen LogP contribution in [0.15, 0.2) is 76.3 Å². The number of benzene rings is 2. The molecule has 34 heavy (non-hydrogen) atoms. The lowest BCUT2D eigenvalue weighted by atomic mass is 9.93. The van der Waals surface area contributed by atoms with Crippen LogP contribution in [0, 0.1) is 6.92 Å². The molecular formula is C27H26N4O2S. The zero-order valence-corrected chi connectivity index (χ0v) is 20.2. The molecule has 5 rings (SSSR count). The van der Waals surface area contributed by atoms with Gasteiger partial charge in [0.15, 0.2) is 0 Å². The van der Waals surface area contributed by atoms with E-state index in [1.165, 1.54) is 11.1 Å². The van der Waals surface area contributed by atoms with Gasteiger partial charge in [0.25, 0.3) is 5.89 Å². The van der Waals surface area contributed by atoms with E-state index in [2.05, 4.69) is 60.7 Å². The zero-order valence-electron chi connectivity index (χ0n) is 19.4. The lowest BCUT2D eigenvalue weighted by molar-refractivity contribution is 0.203. The molecule has 2 amide bonds. The molecule has 0 radical (unpaired) electrons. The summed E-state index contributed by atoms with van der Waals surface area (Å²) in [6, 6.07) is 19.9. The number of hydrogen-bond acceptors (Lipinski definition) is 5. The number of hydrogen-bond donors (Lipinski definition) is 1. The van der Waals surface area contributed by atoms with Gasteiger partial charge in [0, 0.05) is 5.70 Å². The highest BCUT2D eigenvalue weighted by Crippen LogP contribution is 2.38. The molecule has 172 valence electrons. The minimum Gasteiger partial charge on any atom is -0.334 e. The van der Waals surface area contributed by atoms with Gasteiger partial charge in [-0.2, -0.15) is 4.98 Å². The summed E-state index contributed by atoms with van der Waals surface area (Å²) in [5.74, 6) is 0.965. The van der Waals surface area contributed by atoms with Gasteiger partial charge >= 0.3 is 6.03 Å². The molecular weight excluding hydrogens is 444 g/mol. The fraction of sp³-hybridized carbons (Fsp3) is 0.222. The Kier molecular flexibility index (Phi) is 6.02. The van der Waals surface area contributed by atoms with Crippen LogP contribution in [0.25, 0.3) is 16.3 Å². The summed E-state index contributed by atoms with van der Waals surface area (Å²) in [4.78, 5) is 20.7. The first-order valence-corrected chi connectivity index (χ1v) is 12.2. The standard InChI is InChI=1S/C27H26N4O2S/c1-4-19-11-13-21(14-12-19)24-23(26-29-25(30-33-26)22-6-5-15-34-22)18(3)31(27(32)28-24)16-20-9-7-17(2)8-10-20/h5-15,24H,4,16H2,1-3H3,(H,28,32). The van der Waals surface area contributed by atoms with Crippen LogP contribution in [-0.4, -0.2) is 21.1 Å². The first kappa shape index (κ1) is 22.1. The normalized spacial score (nSPS) is 16.1. The van der Waals surface area contributed by atoms with Crippen molar-refractivity contribution in [2.24, 2.45) is 0 Å². The van der Waals surface area contributed by atoms with Gasteiger partial charge in [-0.3, -0.25) is 4.90 Å². The van der Waals surface area contributed by atoms with E-state index < -0.39 is 0 Å². The molecule has 1 N–H and O–H groups in total. The van der Waals surface area contributed by atoms with Crippen LogP contribution in [0.3, 0.4) is 0 Å². The molecule has 2 aromatic carbocycles. The molecule has 3 heterocycles. The van der Waals surface area contributed by atoms with E-state index >= 15 is 0 Å². The minimum atomic E-state index is -0.385. The van der Waals surface area contributed by atoms with Crippen molar-refractivity contribution in [3.05, 3.63) is 99.9 Å². The molecule has 1 aliphatic rings. The molecule has 4 aromatic rings. The van der Waals surface area contributed by atoms with E-state index in [4.69, 9.17) is 9.51 Å². The summed E-state index contributed by atoms with van der Waals surface area (Å²) in [5, 5.41) is 9.38. The maximum atomic E-state index is 13.3. The molecule has 1 aliphatic heterocycles. The fourth-order valence-electron chi connectivity index (χ4n) is 4.16. The maximum Gasteiger partial charge on any atom is 0.322 e. The van der Waals surface area contributed by atoms with Gasteiger partial charge < -0.3 is 9.84 Å². The van der Waals surface area contributed by atoms with Crippen LogP contribution in [0.4, 0.5) is 4.79 Å². The summed E-state index contributed by atoms with van der Waals surface area (Å²) in [6.45, 7) is 6.58. The molecule has 0 spiro atoms. The van der Waals surface area contributed by atoms with Gasteiger partial charge in [0.1, 0.15) is 0 Å². The zero-order chi connectivity index (χ0) is 23.7. The summed E-state index contributed by atoms with van der Waals surface area (Å²) in [7, 11) is 0. The van der Waals surface area contributed by atoms with E-state index in [0.29, 0.717) is 18.3 Å². The van der Waals surface area contributed by atoms with Crippen molar-refractivity contribution in [2.45, 2.75) is 39.8 Å². The van der Waals surface area contributed by atoms with Crippen molar-refractivity contribution >= 4 is 22.9 Å². The third-order valence-corrected chi connectivity index (χ3v) is 7.04. The number of aryl methyl sites for hydroxylation is 2. The van der Waals surface area contributed by atoms with Crippen LogP contribution in [0.5, 0.6) is 0 Å². The molecule has 0 saturated carbocycles. The number of rotatable bonds is 6. The first-order chi connectivity index (χ1) is 16.5. The van der Waals surface area contributed by atoms with E-state index in [1.807, 2.05) is 36.6 Å². The number of carbonyl (C=O) groups excluding carboxylic acids is 1. The number of aromatic nitrogens is 2. The molecule has 1 unspecified atom stereocenters. The van der Waals surface area contributed by atoms with Crippen molar-refractivity contribution in [2.75, 3.05) is 0 Å². The second-order valence-corrected chi connectivity index (χ2v) is 9.40. The quantitative estimate of drug-likeness (QED) is 0.356. The number of carbonyl (C=O) groups is 1. The van der Waals surface area contributed by atoms with Gasteiger partial charge in [-0.05, 0) is 48.4 Å². The summed E-state index contributed by atoms with van der Waals surface area (Å²) in [5.41, 5.74) is 6.07. The van der Waals surface area contributed by atoms with E-state index in [-0.39, 0.29) is 12.1 Å². The Morgan fingerprint density at radius 3 is 2.44 bits per heavy atom. The average Bonchev–Trinajstić information content (AvgIpc) is 3.55. The Bertz CT molecular complexity index is 1320. The van der Waals surface area contributed by atoms with E-state index in [0.717, 1.165) is 33.7 Å². The van der Waals surface area contributed by atoms with Crippen LogP contribution < -0.4 is 5.32 Å². The molecule has 6 nitrogen and oxygen atoms in total. The lowest BCUT2D eigenvalue weighted by Crippen LogP contribution is -2.45. The third kappa shape index (κ3) is 4.26. The Hall–Kier alpha value is -3.71. The second kappa shape index (κ2) is 9.27. The van der Waals surface area contributed by atoms with Crippen LogP contribution >= 0.6 is 11.3 Å². The summed E-state index contributed by atoms with van der Waals surface area (Å²) >= 11 is 1.56. The molecule has 0 aliphatic carbocycles. The van der Waals surface area contributed by atoms with Gasteiger partial charge in [0.05, 0.1) is 23.0 Å². The molecule has 0 bridgehead atoms. The topological polar surface area (TPSA) is 71.3 Å². The van der Waals surface area contributed by atoms with Crippen molar-refractivity contribution in [3.8, 4) is 10.7 Å². The Balaban J connectivity index is 1.58. The number of nitrogens with one attached hydrogen (secondary N) is 1. The van der Waals surface area contributed by atoms with Crippen molar-refractivity contribution < 1.29 is 9.32 Å². The molecule has 0 fully saturated rings. The highest BCUT2D eigenvalue weighted by Gasteiger charge is 2.35. The van der Waals surface area contributed by atoms with Gasteiger partial charge in [-0.25, -0.2) is 4.79 Å². The minimum absolute atomic E-state index is 0.149. The number of allylic oxidation sites excluding steroid dienone is 1. The number of urea groups is 1. The average molecular weight is 471 g/mol.